The van der Waals surface area contributed by atoms with Crippen LogP contribution >= 0.6 is 0 Å². The zero-order valence-electron chi connectivity index (χ0n) is 15.5. The zero-order chi connectivity index (χ0) is 17.4. The molecule has 2 saturated carbocycles. The molecule has 7 heteroatoms. The molecule has 142 valence electrons. The first-order valence-corrected chi connectivity index (χ1v) is 9.99. The van der Waals surface area contributed by atoms with E-state index in [1.165, 1.54) is 38.5 Å². The average molecular weight is 351 g/mol. The predicted molar refractivity (Wildman–Crippen MR) is 95.2 cm³/mol. The summed E-state index contributed by atoms with van der Waals surface area (Å²) in [4.78, 5) is 12.8. The quantitative estimate of drug-likeness (QED) is 0.590. The minimum atomic E-state index is -0.137. The highest BCUT2D eigenvalue weighted by molar-refractivity contribution is 5.82. The molecule has 1 amide bonds. The zero-order valence-corrected chi connectivity index (χ0v) is 15.5. The van der Waals surface area contributed by atoms with Crippen molar-refractivity contribution in [2.24, 2.45) is 11.8 Å². The second-order valence-corrected chi connectivity index (χ2v) is 8.36. The molecule has 7 nitrogen and oxygen atoms in total. The number of rotatable bonds is 4. The Bertz CT molecular complexity index is 490. The lowest BCUT2D eigenvalue weighted by Crippen LogP contribution is -2.53. The van der Waals surface area contributed by atoms with Gasteiger partial charge in [-0.2, -0.15) is 0 Å². The fraction of sp³-hybridized carbons (Fsp3) is 0.944. The number of nitrogens with zero attached hydrogens (tertiary/aromatic N) is 1. The van der Waals surface area contributed by atoms with Crippen LogP contribution in [0.2, 0.25) is 0 Å². The number of carbonyl (C=O) groups excluding carboxylic acids is 1. The van der Waals surface area contributed by atoms with Gasteiger partial charge in [-0.1, -0.05) is 12.8 Å². The molecule has 0 aromatic heterocycles. The van der Waals surface area contributed by atoms with Gasteiger partial charge in [0.05, 0.1) is 12.3 Å². The maximum absolute atomic E-state index is 12.8. The summed E-state index contributed by atoms with van der Waals surface area (Å²) in [6.07, 6.45) is 9.76. The minimum Gasteiger partial charge on any atom is -0.381 e. The molecule has 7 atom stereocenters. The van der Waals surface area contributed by atoms with Gasteiger partial charge < -0.3 is 10.1 Å². The fourth-order valence-electron chi connectivity index (χ4n) is 5.43. The van der Waals surface area contributed by atoms with Crippen molar-refractivity contribution in [3.8, 4) is 0 Å². The molecule has 0 radical (unpaired) electrons. The third-order valence-corrected chi connectivity index (χ3v) is 6.87. The van der Waals surface area contributed by atoms with Crippen molar-refractivity contribution in [3.05, 3.63) is 0 Å². The SMILES string of the molecule is COC1CCCC(C2CC(C(=O)NC3C4CCCC4NN3C)NN2)C1. The van der Waals surface area contributed by atoms with Crippen LogP contribution in [-0.4, -0.2) is 55.5 Å². The van der Waals surface area contributed by atoms with Crippen LogP contribution in [0, 0.1) is 11.8 Å². The predicted octanol–water partition coefficient (Wildman–Crippen LogP) is 0.488. The van der Waals surface area contributed by atoms with E-state index in [-0.39, 0.29) is 18.1 Å². The van der Waals surface area contributed by atoms with Gasteiger partial charge >= 0.3 is 0 Å². The molecular weight excluding hydrogens is 318 g/mol. The lowest BCUT2D eigenvalue weighted by Gasteiger charge is -2.31. The molecule has 0 spiro atoms. The third-order valence-electron chi connectivity index (χ3n) is 6.87. The summed E-state index contributed by atoms with van der Waals surface area (Å²) in [7, 11) is 3.85. The molecule has 4 aliphatic rings. The number of hydrogen-bond acceptors (Lipinski definition) is 6. The van der Waals surface area contributed by atoms with Crippen LogP contribution in [0.1, 0.15) is 51.4 Å². The van der Waals surface area contributed by atoms with E-state index in [2.05, 4.69) is 26.6 Å². The van der Waals surface area contributed by atoms with Crippen molar-refractivity contribution in [1.82, 2.24) is 26.6 Å². The van der Waals surface area contributed by atoms with Gasteiger partial charge in [-0.05, 0) is 44.4 Å². The van der Waals surface area contributed by atoms with Gasteiger partial charge in [0.15, 0.2) is 0 Å². The van der Waals surface area contributed by atoms with Crippen LogP contribution in [0.4, 0.5) is 0 Å². The van der Waals surface area contributed by atoms with E-state index in [4.69, 9.17) is 4.74 Å². The Balaban J connectivity index is 1.30. The maximum atomic E-state index is 12.8. The molecule has 7 unspecified atom stereocenters. The van der Waals surface area contributed by atoms with E-state index in [9.17, 15) is 4.79 Å². The largest absolute Gasteiger partial charge is 0.381 e. The van der Waals surface area contributed by atoms with Crippen LogP contribution in [0.3, 0.4) is 0 Å². The third kappa shape index (κ3) is 3.57. The van der Waals surface area contributed by atoms with Gasteiger partial charge in [0.2, 0.25) is 5.91 Å². The highest BCUT2D eigenvalue weighted by atomic mass is 16.5. The van der Waals surface area contributed by atoms with Crippen LogP contribution < -0.4 is 21.6 Å². The summed E-state index contributed by atoms with van der Waals surface area (Å²) < 4.78 is 5.56. The van der Waals surface area contributed by atoms with Crippen LogP contribution in [0.5, 0.6) is 0 Å². The van der Waals surface area contributed by atoms with Crippen molar-refractivity contribution in [2.75, 3.05) is 14.2 Å². The first kappa shape index (κ1) is 17.7. The maximum Gasteiger partial charge on any atom is 0.239 e. The highest BCUT2D eigenvalue weighted by Crippen LogP contribution is 2.34. The molecule has 2 aliphatic carbocycles. The lowest BCUT2D eigenvalue weighted by atomic mass is 9.81. The number of carbonyl (C=O) groups is 1. The van der Waals surface area contributed by atoms with E-state index in [1.54, 1.807) is 0 Å². The standard InChI is InChI=1S/C18H33N5O2/c1-23-17(13-7-4-8-14(13)22-23)19-18(24)16-10-15(20-21-16)11-5-3-6-12(9-11)25-2/h11-17,20-22H,3-10H2,1-2H3,(H,19,24). The second-order valence-electron chi connectivity index (χ2n) is 8.36. The number of nitrogens with one attached hydrogen (secondary N) is 4. The van der Waals surface area contributed by atoms with E-state index in [0.717, 1.165) is 12.8 Å². The molecule has 2 saturated heterocycles. The summed E-state index contributed by atoms with van der Waals surface area (Å²) in [6.45, 7) is 0. The highest BCUT2D eigenvalue weighted by Gasteiger charge is 2.44. The monoisotopic (exact) mass is 351 g/mol. The number of methoxy groups -OCH3 is 1. The Kier molecular flexibility index (Phi) is 5.29. The summed E-state index contributed by atoms with van der Waals surface area (Å²) in [5.74, 6) is 1.26. The molecular formula is C18H33N5O2. The second kappa shape index (κ2) is 7.48. The molecule has 4 fully saturated rings. The number of amides is 1. The van der Waals surface area contributed by atoms with E-state index >= 15 is 0 Å². The summed E-state index contributed by atoms with van der Waals surface area (Å²) in [5, 5.41) is 5.38. The van der Waals surface area contributed by atoms with Gasteiger partial charge in [0.1, 0.15) is 6.04 Å². The molecule has 25 heavy (non-hydrogen) atoms. The minimum absolute atomic E-state index is 0.119. The van der Waals surface area contributed by atoms with Crippen molar-refractivity contribution in [2.45, 2.75) is 81.8 Å². The number of ether oxygens (including phenoxy) is 1. The summed E-state index contributed by atoms with van der Waals surface area (Å²) in [6, 6.07) is 0.764. The first-order chi connectivity index (χ1) is 12.2. The molecule has 2 aliphatic heterocycles. The van der Waals surface area contributed by atoms with Crippen LogP contribution in [-0.2, 0) is 9.53 Å². The van der Waals surface area contributed by atoms with E-state index in [1.807, 2.05) is 14.2 Å². The van der Waals surface area contributed by atoms with Gasteiger partial charge in [0.25, 0.3) is 0 Å². The molecule has 0 aromatic carbocycles. The lowest BCUT2D eigenvalue weighted by molar-refractivity contribution is -0.125. The van der Waals surface area contributed by atoms with E-state index in [0.29, 0.717) is 30.0 Å². The van der Waals surface area contributed by atoms with Gasteiger partial charge in [-0.25, -0.2) is 10.4 Å². The molecule has 4 N–H and O–H groups in total. The van der Waals surface area contributed by atoms with Crippen LogP contribution in [0.15, 0.2) is 0 Å². The Labute approximate surface area is 150 Å². The van der Waals surface area contributed by atoms with E-state index < -0.39 is 0 Å². The molecule has 0 bridgehead atoms. The molecule has 4 rings (SSSR count). The van der Waals surface area contributed by atoms with Crippen molar-refractivity contribution in [3.63, 3.8) is 0 Å². The molecule has 2 heterocycles. The smallest absolute Gasteiger partial charge is 0.239 e. The van der Waals surface area contributed by atoms with Crippen molar-refractivity contribution in [1.29, 1.82) is 0 Å². The molecule has 0 aromatic rings. The van der Waals surface area contributed by atoms with Crippen molar-refractivity contribution >= 4 is 5.91 Å². The normalized spacial score (nSPS) is 44.8. The summed E-state index contributed by atoms with van der Waals surface area (Å²) >= 11 is 0. The number of hydrazine groups is 2. The van der Waals surface area contributed by atoms with Gasteiger partial charge in [-0.3, -0.25) is 15.6 Å². The van der Waals surface area contributed by atoms with Crippen LogP contribution in [0.25, 0.3) is 0 Å². The Hall–Kier alpha value is -0.730. The average Bonchev–Trinajstić information content (AvgIpc) is 3.33. The summed E-state index contributed by atoms with van der Waals surface area (Å²) in [5.41, 5.74) is 10.1. The Morgan fingerprint density at radius 1 is 1.08 bits per heavy atom. The fourth-order valence-corrected chi connectivity index (χ4v) is 5.43. The Morgan fingerprint density at radius 2 is 1.92 bits per heavy atom. The number of fused-ring (bicyclic) bond motifs is 1. The topological polar surface area (TPSA) is 77.7 Å². The van der Waals surface area contributed by atoms with Gasteiger partial charge in [-0.15, -0.1) is 0 Å². The first-order valence-electron chi connectivity index (χ1n) is 9.99. The number of hydrogen-bond donors (Lipinski definition) is 4. The van der Waals surface area contributed by atoms with Crippen molar-refractivity contribution < 1.29 is 9.53 Å². The van der Waals surface area contributed by atoms with Gasteiger partial charge in [0, 0.05) is 32.2 Å². The Morgan fingerprint density at radius 3 is 2.76 bits per heavy atom.